The quantitative estimate of drug-likeness (QED) is 0.431. The van der Waals surface area contributed by atoms with Gasteiger partial charge in [0.2, 0.25) is 0 Å². The Morgan fingerprint density at radius 3 is 2.30 bits per heavy atom. The van der Waals surface area contributed by atoms with Crippen LogP contribution in [0.5, 0.6) is 0 Å². The Bertz CT molecular complexity index is 1280. The van der Waals surface area contributed by atoms with Crippen molar-refractivity contribution in [2.45, 2.75) is 74.3 Å². The molecule has 0 radical (unpaired) electrons. The number of fused-ring (bicyclic) bond motifs is 2. The number of likely N-dealkylation sites (tertiary alicyclic amines) is 1. The van der Waals surface area contributed by atoms with Crippen molar-refractivity contribution in [1.29, 1.82) is 0 Å². The van der Waals surface area contributed by atoms with Crippen LogP contribution in [0.3, 0.4) is 0 Å². The van der Waals surface area contributed by atoms with Gasteiger partial charge in [-0.1, -0.05) is 13.0 Å². The van der Waals surface area contributed by atoms with Gasteiger partial charge in [-0.25, -0.2) is 13.6 Å². The number of nitrogens with zero attached hydrogens (tertiary/aromatic N) is 1. The normalized spacial score (nSPS) is 49.3. The number of methoxy groups -OCH3 is 4. The number of carbonyl (C=O) groups excluding carboxylic acids is 1. The fraction of sp³-hybridized carbons (Fsp3) is 0.781. The van der Waals surface area contributed by atoms with Crippen molar-refractivity contribution < 1.29 is 47.5 Å². The summed E-state index contributed by atoms with van der Waals surface area (Å²) in [5.74, 6) is -4.91. The van der Waals surface area contributed by atoms with Gasteiger partial charge >= 0.3 is 5.97 Å². The third-order valence-corrected chi connectivity index (χ3v) is 12.9. The molecular weight excluding hydrogens is 564 g/mol. The van der Waals surface area contributed by atoms with Gasteiger partial charge in [-0.2, -0.15) is 0 Å². The first kappa shape index (κ1) is 30.0. The van der Waals surface area contributed by atoms with Crippen molar-refractivity contribution >= 4 is 5.97 Å². The molecular formula is C32H43F2NO8. The minimum atomic E-state index is -1.69. The lowest BCUT2D eigenvalue weighted by atomic mass is 9.43. The average molecular weight is 608 g/mol. The summed E-state index contributed by atoms with van der Waals surface area (Å²) in [5, 5.41) is 25.6. The number of hydrogen-bond acceptors (Lipinski definition) is 9. The molecule has 5 aliphatic carbocycles. The highest BCUT2D eigenvalue weighted by molar-refractivity contribution is 5.90. The van der Waals surface area contributed by atoms with E-state index < -0.39 is 63.8 Å². The summed E-state index contributed by atoms with van der Waals surface area (Å²) in [4.78, 5) is 15.9. The standard InChI is InChI=1S/C32H43F2NO8/c1-6-35-14-29(15-39-2)11-10-19(40-3)32-16-12-30(37)20(41-4)13-31(38,23(26(32)35)24(42-5)25(29)32)22(16)27(30)43-28(36)21-17(33)8-7-9-18(21)34/h7-9,16,19-20,22-27,37-38H,6,10-15H2,1-5H3/t16-,19+,20+,22-,23+,24+,25-,26-,27-,29+,30-,31-,32+/m1/s1. The topological polar surface area (TPSA) is 107 Å². The molecule has 13 atom stereocenters. The Morgan fingerprint density at radius 1 is 1.00 bits per heavy atom. The zero-order valence-corrected chi connectivity index (χ0v) is 25.4. The lowest BCUT2D eigenvalue weighted by Gasteiger charge is -2.69. The molecule has 2 N–H and O–H groups in total. The number of halogens is 2. The average Bonchev–Trinajstić information content (AvgIpc) is 3.36. The molecule has 0 unspecified atom stereocenters. The summed E-state index contributed by atoms with van der Waals surface area (Å²) >= 11 is 0. The van der Waals surface area contributed by atoms with Crippen LogP contribution in [0.4, 0.5) is 8.78 Å². The number of hydrogen-bond donors (Lipinski definition) is 2. The second-order valence-corrected chi connectivity index (χ2v) is 13.9. The summed E-state index contributed by atoms with van der Waals surface area (Å²) < 4.78 is 60.0. The van der Waals surface area contributed by atoms with E-state index in [1.165, 1.54) is 13.2 Å². The van der Waals surface area contributed by atoms with E-state index in [0.717, 1.165) is 38.1 Å². The lowest BCUT2D eigenvalue weighted by molar-refractivity contribution is -0.283. The molecule has 0 aromatic heterocycles. The van der Waals surface area contributed by atoms with E-state index in [4.69, 9.17) is 23.7 Å². The second-order valence-electron chi connectivity index (χ2n) is 13.9. The van der Waals surface area contributed by atoms with E-state index in [0.29, 0.717) is 6.61 Å². The Balaban J connectivity index is 1.44. The molecule has 11 heteroatoms. The molecule has 1 spiro atoms. The molecule has 9 nitrogen and oxygen atoms in total. The van der Waals surface area contributed by atoms with Crippen LogP contribution in [0.25, 0.3) is 0 Å². The predicted octanol–water partition coefficient (Wildman–Crippen LogP) is 2.41. The minimum absolute atomic E-state index is 0.0650. The molecule has 1 aliphatic heterocycles. The highest BCUT2D eigenvalue weighted by atomic mass is 19.1. The van der Waals surface area contributed by atoms with Gasteiger partial charge in [0.15, 0.2) is 0 Å². The number of ether oxygens (including phenoxy) is 5. The number of piperidine rings is 1. The Labute approximate surface area is 250 Å². The van der Waals surface area contributed by atoms with Crippen molar-refractivity contribution in [3.63, 3.8) is 0 Å². The Hall–Kier alpha value is -1.73. The lowest BCUT2D eigenvalue weighted by Crippen LogP contribution is -2.77. The Morgan fingerprint density at radius 2 is 1.70 bits per heavy atom. The molecule has 43 heavy (non-hydrogen) atoms. The highest BCUT2D eigenvalue weighted by Crippen LogP contribution is 2.80. The first-order valence-electron chi connectivity index (χ1n) is 15.4. The summed E-state index contributed by atoms with van der Waals surface area (Å²) in [6.45, 7) is 4.16. The van der Waals surface area contributed by atoms with E-state index >= 15 is 0 Å². The van der Waals surface area contributed by atoms with Crippen LogP contribution in [0.15, 0.2) is 18.2 Å². The highest BCUT2D eigenvalue weighted by Gasteiger charge is 2.88. The van der Waals surface area contributed by atoms with Crippen LogP contribution in [-0.4, -0.2) is 111 Å². The fourth-order valence-electron chi connectivity index (χ4n) is 12.0. The smallest absolute Gasteiger partial charge is 0.344 e. The van der Waals surface area contributed by atoms with Gasteiger partial charge in [-0.3, -0.25) is 4.90 Å². The van der Waals surface area contributed by atoms with Crippen molar-refractivity contribution in [3.8, 4) is 0 Å². The third-order valence-electron chi connectivity index (χ3n) is 12.9. The van der Waals surface area contributed by atoms with Crippen LogP contribution < -0.4 is 0 Å². The van der Waals surface area contributed by atoms with Crippen LogP contribution in [-0.2, 0) is 23.7 Å². The van der Waals surface area contributed by atoms with Gasteiger partial charge in [0.1, 0.15) is 28.9 Å². The third kappa shape index (κ3) is 3.42. The van der Waals surface area contributed by atoms with Crippen LogP contribution in [0.1, 0.15) is 43.0 Å². The molecule has 1 saturated heterocycles. The van der Waals surface area contributed by atoms with Crippen LogP contribution in [0, 0.1) is 46.1 Å². The number of esters is 1. The number of aliphatic hydroxyl groups is 2. The van der Waals surface area contributed by atoms with E-state index in [1.54, 1.807) is 21.3 Å². The molecule has 1 aromatic rings. The maximum atomic E-state index is 14.7. The molecule has 238 valence electrons. The van der Waals surface area contributed by atoms with E-state index in [2.05, 4.69) is 11.8 Å². The largest absolute Gasteiger partial charge is 0.455 e. The SMILES string of the molecule is CCN1C[C@]2(COC)CC[C@H](OC)[C@@]34[C@@H]5C[C@@]6(O)[C@@H](OC)C[C@@](O)([C@H]5[C@H]6OC(=O)c5c(F)cccc5F)[C@@H]([C@H](OC)[C@H]23)[C@@H]14. The van der Waals surface area contributed by atoms with Crippen LogP contribution in [0.2, 0.25) is 0 Å². The summed E-state index contributed by atoms with van der Waals surface area (Å²) in [6, 6.07) is 3.03. The Kier molecular flexibility index (Phi) is 6.88. The monoisotopic (exact) mass is 607 g/mol. The predicted molar refractivity (Wildman–Crippen MR) is 148 cm³/mol. The van der Waals surface area contributed by atoms with Crippen molar-refractivity contribution in [2.75, 3.05) is 48.1 Å². The van der Waals surface area contributed by atoms with E-state index in [9.17, 15) is 23.8 Å². The number of carbonyl (C=O) groups is 1. The molecule has 0 amide bonds. The van der Waals surface area contributed by atoms with Gasteiger partial charge < -0.3 is 33.9 Å². The van der Waals surface area contributed by atoms with Crippen molar-refractivity contribution in [3.05, 3.63) is 35.4 Å². The van der Waals surface area contributed by atoms with Gasteiger partial charge in [0.25, 0.3) is 0 Å². The number of rotatable bonds is 8. The molecule has 7 rings (SSSR count). The molecule has 7 bridgehead atoms. The van der Waals surface area contributed by atoms with E-state index in [-0.39, 0.29) is 48.3 Å². The summed E-state index contributed by atoms with van der Waals surface area (Å²) in [5.41, 5.74) is -4.86. The first-order valence-corrected chi connectivity index (χ1v) is 15.4. The van der Waals surface area contributed by atoms with Gasteiger partial charge in [-0.15, -0.1) is 0 Å². The van der Waals surface area contributed by atoms with Crippen molar-refractivity contribution in [2.24, 2.45) is 34.5 Å². The fourth-order valence-corrected chi connectivity index (χ4v) is 12.0. The zero-order chi connectivity index (χ0) is 30.7. The second kappa shape index (κ2) is 9.88. The van der Waals surface area contributed by atoms with Gasteiger partial charge in [0.05, 0.1) is 30.5 Å². The van der Waals surface area contributed by atoms with Crippen molar-refractivity contribution in [1.82, 2.24) is 4.90 Å². The minimum Gasteiger partial charge on any atom is -0.455 e. The molecule has 1 heterocycles. The van der Waals surface area contributed by atoms with Crippen LogP contribution >= 0.6 is 0 Å². The van der Waals surface area contributed by atoms with E-state index in [1.807, 2.05) is 0 Å². The first-order chi connectivity index (χ1) is 20.5. The molecule has 1 aromatic carbocycles. The maximum Gasteiger partial charge on any atom is 0.344 e. The molecule has 6 fully saturated rings. The molecule has 6 aliphatic rings. The summed E-state index contributed by atoms with van der Waals surface area (Å²) in [6.07, 6.45) is -0.836. The number of benzene rings is 1. The van der Waals surface area contributed by atoms with Gasteiger partial charge in [0, 0.05) is 76.0 Å². The zero-order valence-electron chi connectivity index (χ0n) is 25.4. The molecule has 5 saturated carbocycles. The maximum absolute atomic E-state index is 14.7. The van der Waals surface area contributed by atoms with Gasteiger partial charge in [-0.05, 0) is 43.9 Å². The summed E-state index contributed by atoms with van der Waals surface area (Å²) in [7, 11) is 6.59.